The number of ether oxygens (including phenoxy) is 2. The Morgan fingerprint density at radius 1 is 0.974 bits per heavy atom. The fraction of sp³-hybridized carbons (Fsp3) is 0.393. The maximum atomic E-state index is 12.8. The quantitative estimate of drug-likeness (QED) is 0.0964. The van der Waals surface area contributed by atoms with Crippen LogP contribution in [0.25, 0.3) is 0 Å². The zero-order valence-electron chi connectivity index (χ0n) is 21.6. The monoisotopic (exact) mass is 524 g/mol. The predicted octanol–water partition coefficient (Wildman–Crippen LogP) is 2.63. The Hall–Kier alpha value is -3.57. The Bertz CT molecular complexity index is 1140. The Labute approximate surface area is 222 Å². The molecular formula is C28H36N4O6. The van der Waals surface area contributed by atoms with Crippen molar-refractivity contribution in [2.24, 2.45) is 4.99 Å². The fourth-order valence-electron chi connectivity index (χ4n) is 3.69. The van der Waals surface area contributed by atoms with Crippen molar-refractivity contribution >= 4 is 17.6 Å². The summed E-state index contributed by atoms with van der Waals surface area (Å²) in [5.41, 5.74) is 3.12. The van der Waals surface area contributed by atoms with Crippen molar-refractivity contribution in [2.45, 2.75) is 19.3 Å². The first kappa shape index (κ1) is 29.0. The van der Waals surface area contributed by atoms with Crippen molar-refractivity contribution in [3.63, 3.8) is 0 Å². The van der Waals surface area contributed by atoms with Crippen molar-refractivity contribution in [1.82, 2.24) is 10.5 Å². The Morgan fingerprint density at radius 2 is 1.71 bits per heavy atom. The number of aliphatic hydroxyl groups is 2. The van der Waals surface area contributed by atoms with Crippen LogP contribution in [0, 0.1) is 0 Å². The molecule has 204 valence electrons. The molecule has 3 aromatic rings. The van der Waals surface area contributed by atoms with E-state index in [1.807, 2.05) is 60.7 Å². The predicted molar refractivity (Wildman–Crippen MR) is 145 cm³/mol. The highest BCUT2D eigenvalue weighted by Gasteiger charge is 2.15. The number of aliphatic imine (C=N–C) groups is 1. The van der Waals surface area contributed by atoms with E-state index in [4.69, 9.17) is 24.2 Å². The second-order valence-corrected chi connectivity index (χ2v) is 8.56. The number of benzene rings is 2. The first-order valence-corrected chi connectivity index (χ1v) is 12.7. The fourth-order valence-corrected chi connectivity index (χ4v) is 3.69. The van der Waals surface area contributed by atoms with Crippen LogP contribution in [-0.2, 0) is 15.9 Å². The minimum atomic E-state index is -0.0395. The average Bonchev–Trinajstić information content (AvgIpc) is 3.39. The van der Waals surface area contributed by atoms with Gasteiger partial charge in [0.25, 0.3) is 0 Å². The zero-order valence-corrected chi connectivity index (χ0v) is 21.6. The van der Waals surface area contributed by atoms with Crippen molar-refractivity contribution in [3.8, 4) is 0 Å². The summed E-state index contributed by atoms with van der Waals surface area (Å²) in [7, 11) is 0. The standard InChI is InChI=1S/C28H36N4O6/c1-21(23-8-5-9-24(19-23)27(35)22-6-3-2-4-7-22)18-25-20-26(38-32-25)31-28(29-10-14-36-16-12-33)30-11-15-37-17-13-34/h2-9,19-21,33-34H,10-18H2,1H3,(H2,29,30,31). The summed E-state index contributed by atoms with van der Waals surface area (Å²) in [6.45, 7) is 4.14. The molecule has 1 unspecified atom stereocenters. The molecule has 0 amide bonds. The van der Waals surface area contributed by atoms with E-state index in [0.29, 0.717) is 55.7 Å². The van der Waals surface area contributed by atoms with Crippen LogP contribution in [-0.4, -0.2) is 79.8 Å². The highest BCUT2D eigenvalue weighted by molar-refractivity contribution is 6.09. The third kappa shape index (κ3) is 9.71. The second kappa shape index (κ2) is 16.3. The number of anilines is 1. The van der Waals surface area contributed by atoms with Crippen molar-refractivity contribution < 1.29 is 29.0 Å². The highest BCUT2D eigenvalue weighted by Crippen LogP contribution is 2.23. The largest absolute Gasteiger partial charge is 0.394 e. The van der Waals surface area contributed by atoms with Gasteiger partial charge >= 0.3 is 0 Å². The van der Waals surface area contributed by atoms with Gasteiger partial charge in [0.1, 0.15) is 0 Å². The van der Waals surface area contributed by atoms with Gasteiger partial charge in [-0.2, -0.15) is 0 Å². The van der Waals surface area contributed by atoms with Gasteiger partial charge in [-0.15, -0.1) is 0 Å². The number of aromatic nitrogens is 1. The van der Waals surface area contributed by atoms with Gasteiger partial charge in [0, 0.05) is 23.7 Å². The number of guanidine groups is 1. The summed E-state index contributed by atoms with van der Waals surface area (Å²) in [4.78, 5) is 17.3. The summed E-state index contributed by atoms with van der Waals surface area (Å²) in [5, 5.41) is 28.1. The SMILES string of the molecule is CC(Cc1cc(NC(=NCCOCCO)NCCOCCO)on1)c1cccc(C(=O)c2ccccc2)c1. The number of carbonyl (C=O) groups excluding carboxylic acids is 1. The molecule has 10 heteroatoms. The first-order chi connectivity index (χ1) is 18.6. The molecule has 10 nitrogen and oxygen atoms in total. The molecule has 3 rings (SSSR count). The van der Waals surface area contributed by atoms with Gasteiger partial charge in [0.15, 0.2) is 11.7 Å². The number of nitrogens with one attached hydrogen (secondary N) is 2. The van der Waals surface area contributed by atoms with Crippen LogP contribution in [0.2, 0.25) is 0 Å². The molecule has 0 saturated carbocycles. The molecule has 1 aromatic heterocycles. The molecule has 0 radical (unpaired) electrons. The molecule has 38 heavy (non-hydrogen) atoms. The normalized spacial score (nSPS) is 12.3. The van der Waals surface area contributed by atoms with Gasteiger partial charge in [-0.05, 0) is 24.0 Å². The molecule has 2 aromatic carbocycles. The summed E-state index contributed by atoms with van der Waals surface area (Å²) in [6.07, 6.45) is 0.623. The first-order valence-electron chi connectivity index (χ1n) is 12.7. The van der Waals surface area contributed by atoms with Crippen molar-refractivity contribution in [3.05, 3.63) is 83.0 Å². The van der Waals surface area contributed by atoms with Crippen LogP contribution >= 0.6 is 0 Å². The number of rotatable bonds is 16. The van der Waals surface area contributed by atoms with E-state index in [1.165, 1.54) is 0 Å². The molecule has 1 heterocycles. The highest BCUT2D eigenvalue weighted by atomic mass is 16.5. The molecule has 1 atom stereocenters. The van der Waals surface area contributed by atoms with Crippen LogP contribution in [0.1, 0.15) is 40.0 Å². The summed E-state index contributed by atoms with van der Waals surface area (Å²) in [6, 6.07) is 18.7. The molecule has 4 N–H and O–H groups in total. The van der Waals surface area contributed by atoms with E-state index in [-0.39, 0.29) is 38.1 Å². The van der Waals surface area contributed by atoms with Crippen LogP contribution in [0.3, 0.4) is 0 Å². The number of carbonyl (C=O) groups is 1. The van der Waals surface area contributed by atoms with E-state index in [2.05, 4.69) is 27.7 Å². The summed E-state index contributed by atoms with van der Waals surface area (Å²) >= 11 is 0. The van der Waals surface area contributed by atoms with Crippen LogP contribution in [0.4, 0.5) is 5.88 Å². The molecule has 0 spiro atoms. The number of aliphatic hydroxyl groups excluding tert-OH is 2. The average molecular weight is 525 g/mol. The lowest BCUT2D eigenvalue weighted by Crippen LogP contribution is -2.34. The number of nitrogens with zero attached hydrogens (tertiary/aromatic N) is 2. The number of hydrogen-bond acceptors (Lipinski definition) is 8. The van der Waals surface area contributed by atoms with E-state index in [0.717, 1.165) is 11.3 Å². The third-order valence-electron chi connectivity index (χ3n) is 5.59. The van der Waals surface area contributed by atoms with Crippen LogP contribution < -0.4 is 10.6 Å². The van der Waals surface area contributed by atoms with Gasteiger partial charge in [-0.3, -0.25) is 15.1 Å². The van der Waals surface area contributed by atoms with Gasteiger partial charge in [-0.25, -0.2) is 0 Å². The third-order valence-corrected chi connectivity index (χ3v) is 5.59. The number of hydrogen-bond donors (Lipinski definition) is 4. The second-order valence-electron chi connectivity index (χ2n) is 8.56. The van der Waals surface area contributed by atoms with Gasteiger partial charge in [0.2, 0.25) is 5.88 Å². The van der Waals surface area contributed by atoms with E-state index < -0.39 is 0 Å². The maximum Gasteiger partial charge on any atom is 0.231 e. The molecular weight excluding hydrogens is 488 g/mol. The van der Waals surface area contributed by atoms with Crippen LogP contribution in [0.5, 0.6) is 0 Å². The molecule has 0 fully saturated rings. The van der Waals surface area contributed by atoms with Crippen molar-refractivity contribution in [1.29, 1.82) is 0 Å². The van der Waals surface area contributed by atoms with E-state index in [1.54, 1.807) is 0 Å². The minimum absolute atomic E-state index is 0.00425. The van der Waals surface area contributed by atoms with Gasteiger partial charge in [0.05, 0.1) is 51.9 Å². The maximum absolute atomic E-state index is 12.8. The molecule has 0 aliphatic carbocycles. The van der Waals surface area contributed by atoms with Gasteiger partial charge < -0.3 is 29.5 Å². The summed E-state index contributed by atoms with van der Waals surface area (Å²) in [5.74, 6) is 0.998. The molecule has 0 aliphatic heterocycles. The summed E-state index contributed by atoms with van der Waals surface area (Å²) < 4.78 is 16.0. The lowest BCUT2D eigenvalue weighted by atomic mass is 9.93. The van der Waals surface area contributed by atoms with Crippen LogP contribution in [0.15, 0.2) is 70.2 Å². The lowest BCUT2D eigenvalue weighted by molar-refractivity contribution is 0.0955. The minimum Gasteiger partial charge on any atom is -0.394 e. The topological polar surface area (TPSA) is 138 Å². The zero-order chi connectivity index (χ0) is 27.0. The molecule has 0 saturated heterocycles. The van der Waals surface area contributed by atoms with Gasteiger partial charge in [-0.1, -0.05) is 60.6 Å². The Kier molecular flexibility index (Phi) is 12.4. The molecule has 0 aliphatic rings. The van der Waals surface area contributed by atoms with E-state index >= 15 is 0 Å². The van der Waals surface area contributed by atoms with Crippen molar-refractivity contribution in [2.75, 3.05) is 58.0 Å². The smallest absolute Gasteiger partial charge is 0.231 e. The Balaban J connectivity index is 1.59. The van der Waals surface area contributed by atoms with E-state index in [9.17, 15) is 4.79 Å². The molecule has 0 bridgehead atoms. The number of ketones is 1. The Morgan fingerprint density at radius 3 is 2.47 bits per heavy atom. The lowest BCUT2D eigenvalue weighted by Gasteiger charge is -2.12.